The Balaban J connectivity index is 2.31. The molecule has 2 aromatic rings. The van der Waals surface area contributed by atoms with Gasteiger partial charge in [-0.1, -0.05) is 24.6 Å². The number of oxazole rings is 1. The number of benzene rings is 1. The van der Waals surface area contributed by atoms with Crippen LogP contribution in [0.15, 0.2) is 34.9 Å². The fourth-order valence-electron chi connectivity index (χ4n) is 1.39. The molecule has 2 N–H and O–H groups in total. The molecule has 0 radical (unpaired) electrons. The van der Waals surface area contributed by atoms with Gasteiger partial charge in [0.25, 0.3) is 0 Å². The fourth-order valence-corrected chi connectivity index (χ4v) is 1.58. The zero-order valence-electron chi connectivity index (χ0n) is 8.98. The maximum Gasteiger partial charge on any atom is 0.226 e. The minimum Gasteiger partial charge on any atom is -0.444 e. The van der Waals surface area contributed by atoms with Crippen LogP contribution in [0.2, 0.25) is 5.02 Å². The van der Waals surface area contributed by atoms with Crippen molar-refractivity contribution in [2.45, 2.75) is 12.8 Å². The van der Waals surface area contributed by atoms with Crippen molar-refractivity contribution in [2.24, 2.45) is 5.73 Å². The average molecular weight is 237 g/mol. The first-order valence-corrected chi connectivity index (χ1v) is 5.50. The number of aromatic nitrogens is 1. The van der Waals surface area contributed by atoms with E-state index in [1.165, 1.54) is 0 Å². The molecular formula is C12H13ClN2O. The van der Waals surface area contributed by atoms with E-state index in [1.54, 1.807) is 6.26 Å². The molecule has 0 spiro atoms. The molecule has 3 nitrogen and oxygen atoms in total. The van der Waals surface area contributed by atoms with Crippen LogP contribution in [0.3, 0.4) is 0 Å². The Morgan fingerprint density at radius 3 is 3.00 bits per heavy atom. The smallest absolute Gasteiger partial charge is 0.226 e. The summed E-state index contributed by atoms with van der Waals surface area (Å²) in [6.07, 6.45) is 1.65. The summed E-state index contributed by atoms with van der Waals surface area (Å²) in [5, 5.41) is 0.670. The number of hydrogen-bond acceptors (Lipinski definition) is 3. The van der Waals surface area contributed by atoms with Crippen LogP contribution in [-0.4, -0.2) is 11.5 Å². The van der Waals surface area contributed by atoms with E-state index < -0.39 is 0 Å². The topological polar surface area (TPSA) is 52.0 Å². The Hall–Kier alpha value is -1.32. The lowest BCUT2D eigenvalue weighted by molar-refractivity contribution is 0.570. The van der Waals surface area contributed by atoms with Gasteiger partial charge < -0.3 is 10.2 Å². The van der Waals surface area contributed by atoms with E-state index in [4.69, 9.17) is 21.8 Å². The first-order chi connectivity index (χ1) is 7.70. The number of nitrogens with zero attached hydrogens (tertiary/aromatic N) is 1. The van der Waals surface area contributed by atoms with Gasteiger partial charge in [-0.05, 0) is 18.2 Å². The summed E-state index contributed by atoms with van der Waals surface area (Å²) in [6, 6.07) is 7.42. The van der Waals surface area contributed by atoms with Crippen molar-refractivity contribution in [1.82, 2.24) is 4.98 Å². The molecule has 1 unspecified atom stereocenters. The van der Waals surface area contributed by atoms with Crippen LogP contribution in [0, 0.1) is 0 Å². The fraction of sp³-hybridized carbons (Fsp3) is 0.250. The van der Waals surface area contributed by atoms with E-state index in [1.807, 2.05) is 31.2 Å². The van der Waals surface area contributed by atoms with Crippen LogP contribution in [0.25, 0.3) is 11.5 Å². The highest BCUT2D eigenvalue weighted by molar-refractivity contribution is 6.30. The highest BCUT2D eigenvalue weighted by Gasteiger charge is 2.11. The molecule has 0 aliphatic carbocycles. The Bertz CT molecular complexity index is 481. The van der Waals surface area contributed by atoms with Crippen molar-refractivity contribution in [2.75, 3.05) is 6.54 Å². The number of hydrogen-bond donors (Lipinski definition) is 1. The molecule has 1 aromatic heterocycles. The van der Waals surface area contributed by atoms with Crippen LogP contribution >= 0.6 is 11.6 Å². The molecular weight excluding hydrogens is 224 g/mol. The Labute approximate surface area is 99.2 Å². The molecule has 16 heavy (non-hydrogen) atoms. The largest absolute Gasteiger partial charge is 0.444 e. The quantitative estimate of drug-likeness (QED) is 0.891. The van der Waals surface area contributed by atoms with Crippen LogP contribution in [-0.2, 0) is 0 Å². The van der Waals surface area contributed by atoms with E-state index in [0.717, 1.165) is 11.3 Å². The zero-order chi connectivity index (χ0) is 11.5. The maximum atomic E-state index is 5.90. The number of halogens is 1. The van der Waals surface area contributed by atoms with Crippen molar-refractivity contribution < 1.29 is 4.42 Å². The van der Waals surface area contributed by atoms with Gasteiger partial charge in [0, 0.05) is 23.0 Å². The summed E-state index contributed by atoms with van der Waals surface area (Å²) in [6.45, 7) is 2.57. The molecule has 4 heteroatoms. The van der Waals surface area contributed by atoms with E-state index >= 15 is 0 Å². The first-order valence-electron chi connectivity index (χ1n) is 5.12. The van der Waals surface area contributed by atoms with Crippen LogP contribution in [0.5, 0.6) is 0 Å². The lowest BCUT2D eigenvalue weighted by atomic mass is 10.1. The Morgan fingerprint density at radius 2 is 2.31 bits per heavy atom. The third-order valence-electron chi connectivity index (χ3n) is 2.45. The van der Waals surface area contributed by atoms with Gasteiger partial charge in [-0.2, -0.15) is 0 Å². The minimum absolute atomic E-state index is 0.205. The monoisotopic (exact) mass is 236 g/mol. The van der Waals surface area contributed by atoms with E-state index in [9.17, 15) is 0 Å². The molecule has 1 heterocycles. The zero-order valence-corrected chi connectivity index (χ0v) is 9.74. The molecule has 0 fully saturated rings. The number of nitrogens with two attached hydrogens (primary N) is 1. The maximum absolute atomic E-state index is 5.90. The molecule has 84 valence electrons. The second kappa shape index (κ2) is 4.68. The number of rotatable bonds is 3. The lowest BCUT2D eigenvalue weighted by Crippen LogP contribution is -2.08. The predicted molar refractivity (Wildman–Crippen MR) is 64.4 cm³/mol. The van der Waals surface area contributed by atoms with Gasteiger partial charge in [0.1, 0.15) is 6.26 Å². The summed E-state index contributed by atoms with van der Waals surface area (Å²) in [4.78, 5) is 4.39. The van der Waals surface area contributed by atoms with Crippen molar-refractivity contribution in [3.63, 3.8) is 0 Å². The predicted octanol–water partition coefficient (Wildman–Crippen LogP) is 3.06. The van der Waals surface area contributed by atoms with Crippen LogP contribution in [0.4, 0.5) is 0 Å². The summed E-state index contributed by atoms with van der Waals surface area (Å²) >= 11 is 5.90. The molecule has 1 aromatic carbocycles. The Morgan fingerprint density at radius 1 is 1.50 bits per heavy atom. The van der Waals surface area contributed by atoms with E-state index in [0.29, 0.717) is 17.5 Å². The van der Waals surface area contributed by atoms with Crippen molar-refractivity contribution in [3.8, 4) is 11.5 Å². The van der Waals surface area contributed by atoms with Gasteiger partial charge in [0.15, 0.2) is 0 Å². The Kier molecular flexibility index (Phi) is 3.27. The second-order valence-corrected chi connectivity index (χ2v) is 4.16. The van der Waals surface area contributed by atoms with Gasteiger partial charge in [0.2, 0.25) is 5.89 Å². The summed E-state index contributed by atoms with van der Waals surface area (Å²) in [7, 11) is 0. The van der Waals surface area contributed by atoms with Gasteiger partial charge in [-0.3, -0.25) is 0 Å². The van der Waals surface area contributed by atoms with Gasteiger partial charge >= 0.3 is 0 Å². The summed E-state index contributed by atoms with van der Waals surface area (Å²) in [5.41, 5.74) is 7.32. The molecule has 1 atom stereocenters. The van der Waals surface area contributed by atoms with Crippen molar-refractivity contribution >= 4 is 11.6 Å². The van der Waals surface area contributed by atoms with Crippen LogP contribution < -0.4 is 5.73 Å². The molecule has 0 aliphatic rings. The highest BCUT2D eigenvalue weighted by Crippen LogP contribution is 2.24. The van der Waals surface area contributed by atoms with Gasteiger partial charge in [-0.25, -0.2) is 4.98 Å². The lowest BCUT2D eigenvalue weighted by Gasteiger charge is -2.01. The molecule has 0 saturated carbocycles. The van der Waals surface area contributed by atoms with E-state index in [-0.39, 0.29) is 5.92 Å². The molecule has 0 aliphatic heterocycles. The van der Waals surface area contributed by atoms with Crippen molar-refractivity contribution in [3.05, 3.63) is 41.2 Å². The third kappa shape index (κ3) is 2.26. The second-order valence-electron chi connectivity index (χ2n) is 3.72. The normalized spacial score (nSPS) is 12.7. The minimum atomic E-state index is 0.205. The molecule has 0 amide bonds. The summed E-state index contributed by atoms with van der Waals surface area (Å²) in [5.74, 6) is 0.787. The molecule has 2 rings (SSSR count). The molecule has 0 saturated heterocycles. The first kappa shape index (κ1) is 11.2. The molecule has 0 bridgehead atoms. The van der Waals surface area contributed by atoms with Gasteiger partial charge in [0.05, 0.1) is 5.69 Å². The standard InChI is InChI=1S/C12H13ClN2O/c1-8(6-14)11-7-16-12(15-11)9-3-2-4-10(13)5-9/h2-5,7-8H,6,14H2,1H3. The third-order valence-corrected chi connectivity index (χ3v) is 2.69. The van der Waals surface area contributed by atoms with Gasteiger partial charge in [-0.15, -0.1) is 0 Å². The van der Waals surface area contributed by atoms with Crippen molar-refractivity contribution in [1.29, 1.82) is 0 Å². The SMILES string of the molecule is CC(CN)c1coc(-c2cccc(Cl)c2)n1. The van der Waals surface area contributed by atoms with Crippen LogP contribution in [0.1, 0.15) is 18.5 Å². The highest BCUT2D eigenvalue weighted by atomic mass is 35.5. The summed E-state index contributed by atoms with van der Waals surface area (Å²) < 4.78 is 5.40. The van der Waals surface area contributed by atoms with E-state index in [2.05, 4.69) is 4.98 Å². The average Bonchev–Trinajstić information content (AvgIpc) is 2.77.